The van der Waals surface area contributed by atoms with Crippen LogP contribution in [0.25, 0.3) is 11.1 Å². The molecule has 2 aromatic carbocycles. The zero-order chi connectivity index (χ0) is 27.2. The van der Waals surface area contributed by atoms with E-state index in [0.29, 0.717) is 5.92 Å². The van der Waals surface area contributed by atoms with E-state index in [4.69, 9.17) is 9.72 Å². The molecule has 0 fully saturated rings. The van der Waals surface area contributed by atoms with Crippen LogP contribution in [0.5, 0.6) is 0 Å². The number of aryl methyl sites for hydroxylation is 2. The molecule has 6 nitrogen and oxygen atoms in total. The van der Waals surface area contributed by atoms with Crippen molar-refractivity contribution in [2.75, 3.05) is 5.32 Å². The lowest BCUT2D eigenvalue weighted by Crippen LogP contribution is -2.32. The highest BCUT2D eigenvalue weighted by Crippen LogP contribution is 2.33. The van der Waals surface area contributed by atoms with Gasteiger partial charge in [-0.2, -0.15) is 0 Å². The number of hydrogen-bond acceptors (Lipinski definition) is 4. The SMILES string of the molecule is Cc1ccc(-c2c(CC(=O)Nc3ccccc3)c(C)nc(CC(C)C)c2CNC(=O)OC(C)(C)C)cc1. The Labute approximate surface area is 220 Å². The standard InChI is InChI=1S/C31H39N3O3/c1-20(2)17-27-26(19-32-30(36)37-31(5,6)7)29(23-15-13-21(3)14-16-23)25(22(4)33-27)18-28(35)34-24-11-9-8-10-12-24/h8-16,20H,17-19H2,1-7H3,(H,32,36)(H,34,35). The Balaban J connectivity index is 2.09. The Hall–Kier alpha value is -3.67. The largest absolute Gasteiger partial charge is 0.444 e. The second-order valence-corrected chi connectivity index (χ2v) is 10.9. The normalized spacial score (nSPS) is 11.4. The van der Waals surface area contributed by atoms with Gasteiger partial charge in [-0.05, 0) is 75.8 Å². The number of rotatable bonds is 8. The minimum atomic E-state index is -0.600. The second-order valence-electron chi connectivity index (χ2n) is 10.9. The molecule has 0 saturated carbocycles. The van der Waals surface area contributed by atoms with E-state index in [2.05, 4.69) is 48.7 Å². The number of para-hydroxylation sites is 1. The first-order valence-electron chi connectivity index (χ1n) is 12.8. The summed E-state index contributed by atoms with van der Waals surface area (Å²) < 4.78 is 5.49. The van der Waals surface area contributed by atoms with Crippen LogP contribution in [0.1, 0.15) is 62.7 Å². The van der Waals surface area contributed by atoms with Gasteiger partial charge >= 0.3 is 6.09 Å². The van der Waals surface area contributed by atoms with Crippen LogP contribution in [0.3, 0.4) is 0 Å². The predicted octanol–water partition coefficient (Wildman–Crippen LogP) is 6.77. The van der Waals surface area contributed by atoms with Crippen molar-refractivity contribution in [1.82, 2.24) is 10.3 Å². The molecular weight excluding hydrogens is 462 g/mol. The van der Waals surface area contributed by atoms with Crippen molar-refractivity contribution in [3.8, 4) is 11.1 Å². The minimum Gasteiger partial charge on any atom is -0.444 e. The van der Waals surface area contributed by atoms with Gasteiger partial charge in [-0.25, -0.2) is 4.79 Å². The van der Waals surface area contributed by atoms with Gasteiger partial charge < -0.3 is 15.4 Å². The predicted molar refractivity (Wildman–Crippen MR) is 150 cm³/mol. The Bertz CT molecular complexity index is 1230. The summed E-state index contributed by atoms with van der Waals surface area (Å²) in [6.45, 7) is 14.1. The molecule has 0 aliphatic rings. The van der Waals surface area contributed by atoms with Crippen LogP contribution in [0, 0.1) is 19.8 Å². The van der Waals surface area contributed by atoms with Gasteiger partial charge in [0.2, 0.25) is 5.91 Å². The third kappa shape index (κ3) is 8.17. The molecule has 0 aliphatic heterocycles. The van der Waals surface area contributed by atoms with Crippen LogP contribution in [-0.2, 0) is 28.9 Å². The molecular formula is C31H39N3O3. The third-order valence-corrected chi connectivity index (χ3v) is 5.84. The van der Waals surface area contributed by atoms with Crippen molar-refractivity contribution in [3.05, 3.63) is 82.7 Å². The van der Waals surface area contributed by atoms with Gasteiger partial charge in [0.25, 0.3) is 0 Å². The number of carbonyl (C=O) groups is 2. The van der Waals surface area contributed by atoms with Crippen molar-refractivity contribution in [2.45, 2.75) is 73.5 Å². The summed E-state index contributed by atoms with van der Waals surface area (Å²) in [7, 11) is 0. The van der Waals surface area contributed by atoms with Gasteiger partial charge in [0.15, 0.2) is 0 Å². The molecule has 6 heteroatoms. The van der Waals surface area contributed by atoms with E-state index in [0.717, 1.165) is 51.3 Å². The monoisotopic (exact) mass is 501 g/mol. The molecule has 3 aromatic rings. The summed E-state index contributed by atoms with van der Waals surface area (Å²) in [6.07, 6.45) is 0.432. The molecule has 1 heterocycles. The van der Waals surface area contributed by atoms with E-state index < -0.39 is 11.7 Å². The fourth-order valence-electron chi connectivity index (χ4n) is 4.24. The molecule has 2 amide bonds. The number of alkyl carbamates (subject to hydrolysis) is 1. The number of amides is 2. The van der Waals surface area contributed by atoms with E-state index in [1.54, 1.807) is 0 Å². The topological polar surface area (TPSA) is 80.3 Å². The first-order chi connectivity index (χ1) is 17.4. The number of benzene rings is 2. The number of nitrogens with one attached hydrogen (secondary N) is 2. The van der Waals surface area contributed by atoms with Gasteiger partial charge in [0, 0.05) is 29.2 Å². The number of ether oxygens (including phenoxy) is 1. The van der Waals surface area contributed by atoms with Gasteiger partial charge in [-0.15, -0.1) is 0 Å². The van der Waals surface area contributed by atoms with Crippen LogP contribution in [0.15, 0.2) is 54.6 Å². The molecule has 0 unspecified atom stereocenters. The summed E-state index contributed by atoms with van der Waals surface area (Å²) in [4.78, 5) is 30.7. The number of anilines is 1. The molecule has 0 atom stereocenters. The van der Waals surface area contributed by atoms with E-state index in [1.165, 1.54) is 0 Å². The molecule has 2 N–H and O–H groups in total. The highest BCUT2D eigenvalue weighted by atomic mass is 16.6. The molecule has 3 rings (SSSR count). The zero-order valence-electron chi connectivity index (χ0n) is 23.1. The lowest BCUT2D eigenvalue weighted by molar-refractivity contribution is -0.115. The highest BCUT2D eigenvalue weighted by Gasteiger charge is 2.23. The molecule has 0 aliphatic carbocycles. The van der Waals surface area contributed by atoms with E-state index >= 15 is 0 Å². The second kappa shape index (κ2) is 12.0. The van der Waals surface area contributed by atoms with Crippen molar-refractivity contribution in [1.29, 1.82) is 0 Å². The minimum absolute atomic E-state index is 0.118. The van der Waals surface area contributed by atoms with Gasteiger partial charge in [0.05, 0.1) is 6.42 Å². The highest BCUT2D eigenvalue weighted by molar-refractivity contribution is 5.94. The maximum absolute atomic E-state index is 13.1. The van der Waals surface area contributed by atoms with Crippen LogP contribution in [0.4, 0.5) is 10.5 Å². The van der Waals surface area contributed by atoms with Gasteiger partial charge in [0.1, 0.15) is 5.60 Å². The summed E-state index contributed by atoms with van der Waals surface area (Å²) in [6, 6.07) is 17.7. The van der Waals surface area contributed by atoms with Crippen LogP contribution < -0.4 is 10.6 Å². The summed E-state index contributed by atoms with van der Waals surface area (Å²) in [5.74, 6) is 0.248. The summed E-state index contributed by atoms with van der Waals surface area (Å²) in [5, 5.41) is 5.92. The molecule has 37 heavy (non-hydrogen) atoms. The molecule has 0 radical (unpaired) electrons. The van der Waals surface area contributed by atoms with Crippen molar-refractivity contribution >= 4 is 17.7 Å². The smallest absolute Gasteiger partial charge is 0.407 e. The molecule has 196 valence electrons. The van der Waals surface area contributed by atoms with Crippen molar-refractivity contribution in [2.24, 2.45) is 5.92 Å². The Morgan fingerprint density at radius 2 is 1.59 bits per heavy atom. The Kier molecular flexibility index (Phi) is 9.09. The zero-order valence-corrected chi connectivity index (χ0v) is 23.1. The summed E-state index contributed by atoms with van der Waals surface area (Å²) in [5.41, 5.74) is 6.74. The third-order valence-electron chi connectivity index (χ3n) is 5.84. The van der Waals surface area contributed by atoms with Gasteiger partial charge in [-0.3, -0.25) is 9.78 Å². The Morgan fingerprint density at radius 3 is 2.19 bits per heavy atom. The average molecular weight is 502 g/mol. The number of nitrogens with zero attached hydrogens (tertiary/aromatic N) is 1. The fourth-order valence-corrected chi connectivity index (χ4v) is 4.24. The number of pyridine rings is 1. The molecule has 0 saturated heterocycles. The van der Waals surface area contributed by atoms with Crippen LogP contribution >= 0.6 is 0 Å². The first-order valence-corrected chi connectivity index (χ1v) is 12.8. The average Bonchev–Trinajstić information content (AvgIpc) is 2.79. The summed E-state index contributed by atoms with van der Waals surface area (Å²) >= 11 is 0. The maximum atomic E-state index is 13.1. The maximum Gasteiger partial charge on any atom is 0.407 e. The molecule has 0 spiro atoms. The van der Waals surface area contributed by atoms with Crippen molar-refractivity contribution < 1.29 is 14.3 Å². The fraction of sp³-hybridized carbons (Fsp3) is 0.387. The van der Waals surface area contributed by atoms with E-state index in [9.17, 15) is 9.59 Å². The van der Waals surface area contributed by atoms with Crippen LogP contribution in [-0.4, -0.2) is 22.6 Å². The molecule has 1 aromatic heterocycles. The number of hydrogen-bond donors (Lipinski definition) is 2. The van der Waals surface area contributed by atoms with E-state index in [-0.39, 0.29) is 18.9 Å². The van der Waals surface area contributed by atoms with Gasteiger partial charge in [-0.1, -0.05) is 61.9 Å². The van der Waals surface area contributed by atoms with Crippen molar-refractivity contribution in [3.63, 3.8) is 0 Å². The Morgan fingerprint density at radius 1 is 0.946 bits per heavy atom. The molecule has 0 bridgehead atoms. The quantitative estimate of drug-likeness (QED) is 0.357. The first kappa shape index (κ1) is 27.9. The number of aromatic nitrogens is 1. The van der Waals surface area contributed by atoms with E-state index in [1.807, 2.05) is 65.0 Å². The number of carbonyl (C=O) groups excluding carboxylic acids is 2. The lowest BCUT2D eigenvalue weighted by Gasteiger charge is -2.23. The van der Waals surface area contributed by atoms with Crippen LogP contribution in [0.2, 0.25) is 0 Å². The lowest BCUT2D eigenvalue weighted by atomic mass is 9.88.